The third-order valence-electron chi connectivity index (χ3n) is 2.92. The molecule has 1 heterocycles. The lowest BCUT2D eigenvalue weighted by Crippen LogP contribution is -2.36. The first-order valence-corrected chi connectivity index (χ1v) is 6.26. The lowest BCUT2D eigenvalue weighted by Gasteiger charge is -2.27. The fourth-order valence-electron chi connectivity index (χ4n) is 2.09. The van der Waals surface area contributed by atoms with Crippen molar-refractivity contribution in [3.8, 4) is 0 Å². The van der Waals surface area contributed by atoms with Crippen molar-refractivity contribution >= 4 is 17.4 Å². The van der Waals surface area contributed by atoms with Gasteiger partial charge >= 0.3 is 0 Å². The molecular weight excluding hydrogens is 226 g/mol. The van der Waals surface area contributed by atoms with Crippen molar-refractivity contribution in [2.75, 3.05) is 23.8 Å². The van der Waals surface area contributed by atoms with Crippen LogP contribution < -0.4 is 10.2 Å². The van der Waals surface area contributed by atoms with Crippen molar-refractivity contribution in [3.63, 3.8) is 0 Å². The molecule has 0 saturated heterocycles. The molecule has 0 radical (unpaired) electrons. The van der Waals surface area contributed by atoms with Crippen molar-refractivity contribution in [2.45, 2.75) is 32.8 Å². The van der Waals surface area contributed by atoms with Gasteiger partial charge in [-0.2, -0.15) is 0 Å². The molecule has 1 aliphatic rings. The molecule has 2 N–H and O–H groups in total. The molecule has 18 heavy (non-hydrogen) atoms. The van der Waals surface area contributed by atoms with E-state index < -0.39 is 0 Å². The fourth-order valence-corrected chi connectivity index (χ4v) is 2.09. The number of rotatable bonds is 1. The lowest BCUT2D eigenvalue weighted by atomic mass is 10.1. The first kappa shape index (κ1) is 12.7. The fraction of sp³-hybridized carbons (Fsp3) is 0.500. The van der Waals surface area contributed by atoms with Crippen molar-refractivity contribution in [2.24, 2.45) is 0 Å². The minimum absolute atomic E-state index is 0.231. The Morgan fingerprint density at radius 3 is 2.72 bits per heavy atom. The average molecular weight is 247 g/mol. The highest BCUT2D eigenvalue weighted by molar-refractivity contribution is 5.92. The predicted molar refractivity (Wildman–Crippen MR) is 75.6 cm³/mol. The van der Waals surface area contributed by atoms with Gasteiger partial charge in [0.25, 0.3) is 6.02 Å². The summed E-state index contributed by atoms with van der Waals surface area (Å²) in [5, 5.41) is 11.2. The number of nitrogens with one attached hydrogen (secondary N) is 2. The van der Waals surface area contributed by atoms with Crippen molar-refractivity contribution in [1.29, 1.82) is 5.41 Å². The van der Waals surface area contributed by atoms with E-state index in [-0.39, 0.29) is 11.6 Å². The second kappa shape index (κ2) is 4.52. The van der Waals surface area contributed by atoms with E-state index in [0.717, 1.165) is 24.3 Å². The van der Waals surface area contributed by atoms with Gasteiger partial charge in [0.15, 0.2) is 0 Å². The summed E-state index contributed by atoms with van der Waals surface area (Å²) in [6.07, 6.45) is 0.967. The maximum absolute atomic E-state index is 8.08. The number of benzene rings is 1. The summed E-state index contributed by atoms with van der Waals surface area (Å²) in [6, 6.07) is 6.49. The van der Waals surface area contributed by atoms with Crippen LogP contribution in [0.15, 0.2) is 18.2 Å². The molecule has 0 atom stereocenters. The zero-order chi connectivity index (χ0) is 13.3. The highest BCUT2D eigenvalue weighted by atomic mass is 16.5. The standard InChI is InChI=1S/C14H21N3O/c1-14(2,3)18-13(15)17-8-7-10-5-6-11(16-4)9-12(10)17/h5-6,9,15-16H,7-8H2,1-4H3. The number of hydrogen-bond acceptors (Lipinski definition) is 3. The van der Waals surface area contributed by atoms with Crippen LogP contribution in [0.5, 0.6) is 0 Å². The quantitative estimate of drug-likeness (QED) is 0.592. The number of amidine groups is 1. The van der Waals surface area contributed by atoms with Crippen LogP contribution in [-0.2, 0) is 11.2 Å². The summed E-state index contributed by atoms with van der Waals surface area (Å²) in [5.74, 6) is 0. The highest BCUT2D eigenvalue weighted by Crippen LogP contribution is 2.31. The molecule has 0 fully saturated rings. The van der Waals surface area contributed by atoms with E-state index in [1.165, 1.54) is 5.56 Å². The van der Waals surface area contributed by atoms with Crippen LogP contribution in [0.25, 0.3) is 0 Å². The normalized spacial score (nSPS) is 14.3. The number of ether oxygens (including phenoxy) is 1. The highest BCUT2D eigenvalue weighted by Gasteiger charge is 2.26. The van der Waals surface area contributed by atoms with Crippen LogP contribution >= 0.6 is 0 Å². The first-order valence-electron chi connectivity index (χ1n) is 6.26. The van der Waals surface area contributed by atoms with Crippen LogP contribution in [0.4, 0.5) is 11.4 Å². The molecule has 0 saturated carbocycles. The van der Waals surface area contributed by atoms with Crippen molar-refractivity contribution in [3.05, 3.63) is 23.8 Å². The molecule has 0 bridgehead atoms. The molecule has 0 aliphatic carbocycles. The minimum Gasteiger partial charge on any atom is -0.459 e. The third-order valence-corrected chi connectivity index (χ3v) is 2.92. The van der Waals surface area contributed by atoms with Crippen molar-refractivity contribution in [1.82, 2.24) is 0 Å². The Kier molecular flexibility index (Phi) is 3.20. The number of fused-ring (bicyclic) bond motifs is 1. The van der Waals surface area contributed by atoms with E-state index in [2.05, 4.69) is 23.5 Å². The number of anilines is 2. The van der Waals surface area contributed by atoms with Gasteiger partial charge in [0.2, 0.25) is 0 Å². The van der Waals surface area contributed by atoms with Crippen LogP contribution in [-0.4, -0.2) is 25.2 Å². The lowest BCUT2D eigenvalue weighted by molar-refractivity contribution is 0.111. The Balaban J connectivity index is 2.22. The van der Waals surface area contributed by atoms with Crippen LogP contribution in [0.1, 0.15) is 26.3 Å². The first-order chi connectivity index (χ1) is 8.40. The van der Waals surface area contributed by atoms with E-state index in [1.807, 2.05) is 32.7 Å². The summed E-state index contributed by atoms with van der Waals surface area (Å²) in [6.45, 7) is 6.70. The Bertz CT molecular complexity index is 463. The Morgan fingerprint density at radius 1 is 1.39 bits per heavy atom. The number of nitrogens with zero attached hydrogens (tertiary/aromatic N) is 1. The Hall–Kier alpha value is -1.71. The maximum atomic E-state index is 8.08. The average Bonchev–Trinajstić information content (AvgIpc) is 2.69. The van der Waals surface area contributed by atoms with Crippen LogP contribution in [0.3, 0.4) is 0 Å². The minimum atomic E-state index is -0.333. The summed E-state index contributed by atoms with van der Waals surface area (Å²) in [7, 11) is 1.90. The van der Waals surface area contributed by atoms with Crippen LogP contribution in [0, 0.1) is 5.41 Å². The van der Waals surface area contributed by atoms with Crippen molar-refractivity contribution < 1.29 is 4.74 Å². The molecule has 98 valence electrons. The largest absolute Gasteiger partial charge is 0.459 e. The van der Waals surface area contributed by atoms with Crippen LogP contribution in [0.2, 0.25) is 0 Å². The van der Waals surface area contributed by atoms with Gasteiger partial charge in [0.1, 0.15) is 5.60 Å². The molecule has 4 heteroatoms. The summed E-state index contributed by atoms with van der Waals surface area (Å²) < 4.78 is 5.64. The zero-order valence-electron chi connectivity index (χ0n) is 11.5. The molecule has 4 nitrogen and oxygen atoms in total. The SMILES string of the molecule is CNc1ccc2c(c1)N(C(=N)OC(C)(C)C)CC2. The summed E-state index contributed by atoms with van der Waals surface area (Å²) in [5.41, 5.74) is 3.08. The van der Waals surface area contributed by atoms with Gasteiger partial charge in [-0.25, -0.2) is 0 Å². The molecule has 2 rings (SSSR count). The van der Waals surface area contributed by atoms with Gasteiger partial charge in [-0.05, 0) is 44.9 Å². The Labute approximate surface area is 108 Å². The van der Waals surface area contributed by atoms with E-state index in [9.17, 15) is 0 Å². The maximum Gasteiger partial charge on any atom is 0.289 e. The van der Waals surface area contributed by atoms with Gasteiger partial charge in [-0.3, -0.25) is 10.3 Å². The topological polar surface area (TPSA) is 48.4 Å². The van der Waals surface area contributed by atoms with Gasteiger partial charge in [-0.1, -0.05) is 6.07 Å². The predicted octanol–water partition coefficient (Wildman–Crippen LogP) is 2.84. The molecule has 1 aliphatic heterocycles. The van der Waals surface area contributed by atoms with Gasteiger partial charge < -0.3 is 10.1 Å². The van der Waals surface area contributed by atoms with E-state index in [4.69, 9.17) is 10.1 Å². The van der Waals surface area contributed by atoms with E-state index in [0.29, 0.717) is 0 Å². The summed E-state index contributed by atoms with van der Waals surface area (Å²) in [4.78, 5) is 1.93. The number of hydrogen-bond donors (Lipinski definition) is 2. The zero-order valence-corrected chi connectivity index (χ0v) is 11.5. The molecule has 0 spiro atoms. The molecule has 0 aromatic heterocycles. The molecule has 0 amide bonds. The summed E-state index contributed by atoms with van der Waals surface area (Å²) >= 11 is 0. The van der Waals surface area contributed by atoms with E-state index >= 15 is 0 Å². The monoisotopic (exact) mass is 247 g/mol. The second-order valence-electron chi connectivity index (χ2n) is 5.51. The van der Waals surface area contributed by atoms with Gasteiger partial charge in [-0.15, -0.1) is 0 Å². The van der Waals surface area contributed by atoms with Gasteiger partial charge in [0.05, 0.1) is 5.69 Å². The molecule has 1 aromatic rings. The second-order valence-corrected chi connectivity index (χ2v) is 5.51. The Morgan fingerprint density at radius 2 is 2.11 bits per heavy atom. The third kappa shape index (κ3) is 2.58. The molecule has 1 aromatic carbocycles. The smallest absolute Gasteiger partial charge is 0.289 e. The van der Waals surface area contributed by atoms with Gasteiger partial charge in [0, 0.05) is 19.3 Å². The van der Waals surface area contributed by atoms with E-state index in [1.54, 1.807) is 0 Å². The molecular formula is C14H21N3O. The molecule has 0 unspecified atom stereocenters.